The second kappa shape index (κ2) is 4.73. The molecule has 2 N–H and O–H groups in total. The third-order valence-electron chi connectivity index (χ3n) is 2.27. The van der Waals surface area contributed by atoms with Crippen molar-refractivity contribution in [1.29, 1.82) is 0 Å². The topological polar surface area (TPSA) is 60.8 Å². The van der Waals surface area contributed by atoms with Gasteiger partial charge in [0.2, 0.25) is 0 Å². The molecule has 2 rings (SSSR count). The standard InChI is InChI=1S/C10H10BNO3S/c13-10(12-5-6-16-7-12)8-1-3-9(4-2-8)11(14)15/h1-6,14-15H,7H2. The number of hydrogen-bond donors (Lipinski definition) is 2. The minimum absolute atomic E-state index is 0.0831. The molecule has 4 nitrogen and oxygen atoms in total. The van der Waals surface area contributed by atoms with E-state index in [2.05, 4.69) is 0 Å². The van der Waals surface area contributed by atoms with Crippen molar-refractivity contribution in [2.75, 3.05) is 5.88 Å². The Labute approximate surface area is 97.7 Å². The zero-order chi connectivity index (χ0) is 11.5. The highest BCUT2D eigenvalue weighted by molar-refractivity contribution is 8.02. The summed E-state index contributed by atoms with van der Waals surface area (Å²) in [4.78, 5) is 13.5. The van der Waals surface area contributed by atoms with E-state index in [-0.39, 0.29) is 5.91 Å². The van der Waals surface area contributed by atoms with Crippen molar-refractivity contribution < 1.29 is 14.8 Å². The molecule has 1 aliphatic heterocycles. The van der Waals surface area contributed by atoms with Gasteiger partial charge in [0.25, 0.3) is 5.91 Å². The van der Waals surface area contributed by atoms with Crippen LogP contribution in [0, 0.1) is 0 Å². The SMILES string of the molecule is O=C(c1ccc(B(O)O)cc1)N1C=CSC1. The van der Waals surface area contributed by atoms with Gasteiger partial charge < -0.3 is 14.9 Å². The van der Waals surface area contributed by atoms with E-state index >= 15 is 0 Å². The first-order chi connectivity index (χ1) is 7.68. The van der Waals surface area contributed by atoms with E-state index in [4.69, 9.17) is 10.0 Å². The molecule has 1 heterocycles. The van der Waals surface area contributed by atoms with Gasteiger partial charge in [-0.1, -0.05) is 12.1 Å². The molecule has 1 aromatic carbocycles. The Morgan fingerprint density at radius 3 is 2.50 bits per heavy atom. The van der Waals surface area contributed by atoms with Gasteiger partial charge in [0.05, 0.1) is 5.88 Å². The Hall–Kier alpha value is -1.24. The molecular formula is C10H10BNO3S. The van der Waals surface area contributed by atoms with Crippen molar-refractivity contribution in [1.82, 2.24) is 4.90 Å². The number of thioether (sulfide) groups is 1. The van der Waals surface area contributed by atoms with Crippen LogP contribution in [0.25, 0.3) is 0 Å². The van der Waals surface area contributed by atoms with Gasteiger partial charge in [-0.05, 0) is 23.0 Å². The van der Waals surface area contributed by atoms with Gasteiger partial charge in [-0.2, -0.15) is 0 Å². The van der Waals surface area contributed by atoms with Crippen molar-refractivity contribution in [2.45, 2.75) is 0 Å². The largest absolute Gasteiger partial charge is 0.488 e. The number of carbonyl (C=O) groups excluding carboxylic acids is 1. The maximum absolute atomic E-state index is 11.9. The van der Waals surface area contributed by atoms with Crippen LogP contribution in [0.4, 0.5) is 0 Å². The average Bonchev–Trinajstić information content (AvgIpc) is 2.81. The molecule has 6 heteroatoms. The first kappa shape index (κ1) is 11.3. The van der Waals surface area contributed by atoms with Crippen LogP contribution < -0.4 is 5.46 Å². The number of rotatable bonds is 2. The second-order valence-corrected chi connectivity index (χ2v) is 4.22. The van der Waals surface area contributed by atoms with E-state index in [0.717, 1.165) is 0 Å². The highest BCUT2D eigenvalue weighted by Crippen LogP contribution is 2.17. The molecule has 1 aromatic rings. The van der Waals surface area contributed by atoms with Crippen LogP contribution in [-0.2, 0) is 0 Å². The van der Waals surface area contributed by atoms with Gasteiger partial charge >= 0.3 is 7.12 Å². The average molecular weight is 235 g/mol. The second-order valence-electron chi connectivity index (χ2n) is 3.35. The monoisotopic (exact) mass is 235 g/mol. The van der Waals surface area contributed by atoms with Crippen LogP contribution in [0.15, 0.2) is 35.9 Å². The maximum Gasteiger partial charge on any atom is 0.488 e. The van der Waals surface area contributed by atoms with Crippen LogP contribution in [0.5, 0.6) is 0 Å². The highest BCUT2D eigenvalue weighted by atomic mass is 32.2. The fourth-order valence-electron chi connectivity index (χ4n) is 1.37. The predicted molar refractivity (Wildman–Crippen MR) is 64.0 cm³/mol. The maximum atomic E-state index is 11.9. The van der Waals surface area contributed by atoms with Gasteiger partial charge in [-0.25, -0.2) is 0 Å². The number of carbonyl (C=O) groups is 1. The zero-order valence-electron chi connectivity index (χ0n) is 8.41. The number of benzene rings is 1. The molecule has 82 valence electrons. The van der Waals surface area contributed by atoms with Gasteiger partial charge in [0.1, 0.15) is 0 Å². The fraction of sp³-hybridized carbons (Fsp3) is 0.100. The van der Waals surface area contributed by atoms with Crippen molar-refractivity contribution in [3.05, 3.63) is 41.4 Å². The van der Waals surface area contributed by atoms with Crippen LogP contribution >= 0.6 is 11.8 Å². The molecule has 0 spiro atoms. The zero-order valence-corrected chi connectivity index (χ0v) is 9.22. The number of hydrogen-bond acceptors (Lipinski definition) is 4. The molecular weight excluding hydrogens is 225 g/mol. The van der Waals surface area contributed by atoms with E-state index in [9.17, 15) is 4.79 Å². The minimum Gasteiger partial charge on any atom is -0.423 e. The van der Waals surface area contributed by atoms with Crippen molar-refractivity contribution in [2.24, 2.45) is 0 Å². The Balaban J connectivity index is 2.15. The summed E-state index contributed by atoms with van der Waals surface area (Å²) in [5, 5.41) is 19.7. The van der Waals surface area contributed by atoms with Crippen LogP contribution in [0.2, 0.25) is 0 Å². The van der Waals surface area contributed by atoms with E-state index in [1.54, 1.807) is 35.0 Å². The first-order valence-corrected chi connectivity index (χ1v) is 5.79. The third-order valence-corrected chi connectivity index (χ3v) is 3.01. The summed E-state index contributed by atoms with van der Waals surface area (Å²) in [6.45, 7) is 0. The van der Waals surface area contributed by atoms with Crippen molar-refractivity contribution in [3.8, 4) is 0 Å². The van der Waals surface area contributed by atoms with Gasteiger partial charge in [0.15, 0.2) is 0 Å². The van der Waals surface area contributed by atoms with Crippen molar-refractivity contribution >= 4 is 30.3 Å². The lowest BCUT2D eigenvalue weighted by atomic mass is 9.80. The Kier molecular flexibility index (Phi) is 3.33. The van der Waals surface area contributed by atoms with Gasteiger partial charge in [-0.15, -0.1) is 11.8 Å². The van der Waals surface area contributed by atoms with Crippen molar-refractivity contribution in [3.63, 3.8) is 0 Å². The minimum atomic E-state index is -1.49. The smallest absolute Gasteiger partial charge is 0.423 e. The highest BCUT2D eigenvalue weighted by Gasteiger charge is 2.17. The lowest BCUT2D eigenvalue weighted by Gasteiger charge is -2.12. The summed E-state index contributed by atoms with van der Waals surface area (Å²) in [7, 11) is -1.49. The molecule has 0 saturated heterocycles. The summed E-state index contributed by atoms with van der Waals surface area (Å²) >= 11 is 1.56. The van der Waals surface area contributed by atoms with Gasteiger partial charge in [-0.3, -0.25) is 4.79 Å². The quantitative estimate of drug-likeness (QED) is 0.707. The van der Waals surface area contributed by atoms with Gasteiger partial charge in [0, 0.05) is 11.8 Å². The molecule has 0 radical (unpaired) electrons. The molecule has 0 unspecified atom stereocenters. The van der Waals surface area contributed by atoms with E-state index in [1.807, 2.05) is 5.41 Å². The Morgan fingerprint density at radius 2 is 2.00 bits per heavy atom. The van der Waals surface area contributed by atoms with E-state index < -0.39 is 7.12 Å². The van der Waals surface area contributed by atoms with Crippen LogP contribution in [0.1, 0.15) is 10.4 Å². The molecule has 0 saturated carbocycles. The molecule has 0 aliphatic carbocycles. The third kappa shape index (κ3) is 2.29. The fourth-order valence-corrected chi connectivity index (χ4v) is 2.06. The van der Waals surface area contributed by atoms with Crippen LogP contribution in [0.3, 0.4) is 0 Å². The Bertz CT molecular complexity index is 419. The normalized spacial score (nSPS) is 14.2. The first-order valence-electron chi connectivity index (χ1n) is 4.74. The molecule has 0 aromatic heterocycles. The summed E-state index contributed by atoms with van der Waals surface area (Å²) in [6, 6.07) is 6.25. The number of nitrogens with zero attached hydrogens (tertiary/aromatic N) is 1. The predicted octanol–water partition coefficient (Wildman–Crippen LogP) is -0.0159. The van der Waals surface area contributed by atoms with Crippen LogP contribution in [-0.4, -0.2) is 33.9 Å². The lowest BCUT2D eigenvalue weighted by Crippen LogP contribution is -2.30. The summed E-state index contributed by atoms with van der Waals surface area (Å²) in [5.74, 6) is 0.545. The number of amides is 1. The molecule has 0 atom stereocenters. The summed E-state index contributed by atoms with van der Waals surface area (Å²) in [6.07, 6.45) is 1.74. The lowest BCUT2D eigenvalue weighted by molar-refractivity contribution is 0.0846. The molecule has 1 aliphatic rings. The molecule has 0 fully saturated rings. The summed E-state index contributed by atoms with van der Waals surface area (Å²) in [5.41, 5.74) is 0.916. The summed E-state index contributed by atoms with van der Waals surface area (Å²) < 4.78 is 0. The Morgan fingerprint density at radius 1 is 1.31 bits per heavy atom. The molecule has 0 bridgehead atoms. The van der Waals surface area contributed by atoms with E-state index in [0.29, 0.717) is 16.9 Å². The molecule has 1 amide bonds. The molecule has 16 heavy (non-hydrogen) atoms. The van der Waals surface area contributed by atoms with E-state index in [1.165, 1.54) is 12.1 Å².